The zero-order chi connectivity index (χ0) is 16.8. The van der Waals surface area contributed by atoms with Crippen molar-refractivity contribution < 1.29 is 14.6 Å². The fraction of sp³-hybridized carbons (Fsp3) is 1.00. The molecule has 0 amide bonds. The van der Waals surface area contributed by atoms with E-state index in [9.17, 15) is 0 Å². The molecular weight excluding hydrogens is 288 g/mol. The van der Waals surface area contributed by atoms with Crippen molar-refractivity contribution >= 4 is 0 Å². The van der Waals surface area contributed by atoms with Gasteiger partial charge in [0.1, 0.15) is 0 Å². The maximum atomic E-state index is 9.15. The van der Waals surface area contributed by atoms with Gasteiger partial charge in [-0.25, -0.2) is 0 Å². The maximum Gasteiger partial charge on any atom is 0.0810 e. The van der Waals surface area contributed by atoms with Gasteiger partial charge in [-0.1, -0.05) is 71.6 Å². The average molecular weight is 329 g/mol. The molecule has 0 spiro atoms. The van der Waals surface area contributed by atoms with E-state index in [0.29, 0.717) is 12.0 Å². The molecule has 3 atom stereocenters. The molecule has 0 radical (unpaired) electrons. The highest BCUT2D eigenvalue weighted by atomic mass is 16.5. The number of aliphatic hydroxyl groups excluding tert-OH is 1. The predicted molar refractivity (Wildman–Crippen MR) is 96.8 cm³/mol. The lowest BCUT2D eigenvalue weighted by Crippen LogP contribution is -2.19. The van der Waals surface area contributed by atoms with Crippen LogP contribution in [0.2, 0.25) is 0 Å². The molecule has 1 aliphatic heterocycles. The lowest BCUT2D eigenvalue weighted by Gasteiger charge is -2.20. The van der Waals surface area contributed by atoms with Gasteiger partial charge in [0.25, 0.3) is 0 Å². The van der Waals surface area contributed by atoms with Crippen molar-refractivity contribution in [2.45, 2.75) is 103 Å². The van der Waals surface area contributed by atoms with Crippen molar-refractivity contribution in [2.24, 2.45) is 5.92 Å². The molecule has 3 nitrogen and oxygen atoms in total. The van der Waals surface area contributed by atoms with Crippen LogP contribution < -0.4 is 0 Å². The highest BCUT2D eigenvalue weighted by molar-refractivity contribution is 4.73. The first-order chi connectivity index (χ1) is 11.3. The van der Waals surface area contributed by atoms with Crippen LogP contribution >= 0.6 is 0 Å². The van der Waals surface area contributed by atoms with Gasteiger partial charge in [0.2, 0.25) is 0 Å². The summed E-state index contributed by atoms with van der Waals surface area (Å²) < 4.78 is 11.8. The van der Waals surface area contributed by atoms with Gasteiger partial charge in [-0.2, -0.15) is 0 Å². The van der Waals surface area contributed by atoms with Crippen LogP contribution in [0, 0.1) is 5.92 Å². The van der Waals surface area contributed by atoms with E-state index >= 15 is 0 Å². The van der Waals surface area contributed by atoms with Gasteiger partial charge in [-0.05, 0) is 19.3 Å². The lowest BCUT2D eigenvalue weighted by molar-refractivity contribution is 0.0118. The van der Waals surface area contributed by atoms with Crippen LogP contribution in [0.1, 0.15) is 90.9 Å². The molecule has 1 fully saturated rings. The van der Waals surface area contributed by atoms with Crippen molar-refractivity contribution in [2.75, 3.05) is 19.8 Å². The van der Waals surface area contributed by atoms with Gasteiger partial charge in [-0.15, -0.1) is 0 Å². The summed E-state index contributed by atoms with van der Waals surface area (Å²) in [7, 11) is 0. The summed E-state index contributed by atoms with van der Waals surface area (Å²) in [5, 5.41) is 9.15. The van der Waals surface area contributed by atoms with E-state index in [0.717, 1.165) is 19.6 Å². The summed E-state index contributed by atoms with van der Waals surface area (Å²) in [6.45, 7) is 6.24. The molecule has 3 heteroatoms. The minimum atomic E-state index is 0.0423. The Morgan fingerprint density at radius 1 is 0.957 bits per heavy atom. The largest absolute Gasteiger partial charge is 0.394 e. The smallest absolute Gasteiger partial charge is 0.0810 e. The number of ether oxygens (including phenoxy) is 2. The van der Waals surface area contributed by atoms with Crippen LogP contribution in [0.25, 0.3) is 0 Å². The van der Waals surface area contributed by atoms with Crippen LogP contribution in [0.4, 0.5) is 0 Å². The van der Waals surface area contributed by atoms with Gasteiger partial charge < -0.3 is 14.6 Å². The molecule has 0 aliphatic carbocycles. The van der Waals surface area contributed by atoms with Crippen LogP contribution in [-0.4, -0.2) is 37.1 Å². The molecule has 0 aromatic heterocycles. The molecule has 0 aromatic carbocycles. The number of aliphatic hydroxyl groups is 1. The maximum absolute atomic E-state index is 9.15. The molecule has 1 aliphatic rings. The molecule has 0 bridgehead atoms. The molecule has 1 N–H and O–H groups in total. The van der Waals surface area contributed by atoms with E-state index in [1.807, 2.05) is 0 Å². The van der Waals surface area contributed by atoms with Crippen LogP contribution in [0.3, 0.4) is 0 Å². The molecule has 3 unspecified atom stereocenters. The molecule has 23 heavy (non-hydrogen) atoms. The zero-order valence-corrected chi connectivity index (χ0v) is 15.6. The van der Waals surface area contributed by atoms with Crippen molar-refractivity contribution in [1.29, 1.82) is 0 Å². The van der Waals surface area contributed by atoms with Crippen LogP contribution in [0.15, 0.2) is 0 Å². The Balaban J connectivity index is 2.19. The third-order valence-corrected chi connectivity index (χ3v) is 4.94. The number of unbranched alkanes of at least 4 members (excludes halogenated alkanes) is 7. The monoisotopic (exact) mass is 328 g/mol. The number of rotatable bonds is 15. The minimum Gasteiger partial charge on any atom is -0.394 e. The van der Waals surface area contributed by atoms with Gasteiger partial charge >= 0.3 is 0 Å². The standard InChI is InChI=1S/C20H40O3/c1-3-5-7-9-11-13-19(12-10-8-6-4-2)22-16-18-14-20(15-21)23-17-18/h18-21H,3-17H2,1-2H3. The highest BCUT2D eigenvalue weighted by Gasteiger charge is 2.25. The van der Waals surface area contributed by atoms with E-state index in [1.54, 1.807) is 0 Å². The summed E-state index contributed by atoms with van der Waals surface area (Å²) in [5.41, 5.74) is 0. The second kappa shape index (κ2) is 14.2. The van der Waals surface area contributed by atoms with Crippen molar-refractivity contribution in [3.8, 4) is 0 Å². The molecule has 1 heterocycles. The van der Waals surface area contributed by atoms with Crippen molar-refractivity contribution in [3.05, 3.63) is 0 Å². The minimum absolute atomic E-state index is 0.0423. The third-order valence-electron chi connectivity index (χ3n) is 4.94. The molecule has 1 rings (SSSR count). The molecule has 1 saturated heterocycles. The summed E-state index contributed by atoms with van der Waals surface area (Å²) in [6.07, 6.45) is 15.8. The Labute approximate surface area is 144 Å². The Morgan fingerprint density at radius 3 is 2.13 bits per heavy atom. The second-order valence-electron chi connectivity index (χ2n) is 7.25. The molecule has 138 valence electrons. The first-order valence-corrected chi connectivity index (χ1v) is 10.1. The van der Waals surface area contributed by atoms with Crippen LogP contribution in [-0.2, 0) is 9.47 Å². The summed E-state index contributed by atoms with van der Waals surface area (Å²) in [4.78, 5) is 0. The Morgan fingerprint density at radius 2 is 1.57 bits per heavy atom. The first kappa shape index (κ1) is 20.9. The molecule has 0 saturated carbocycles. The van der Waals surface area contributed by atoms with Crippen LogP contribution in [0.5, 0.6) is 0 Å². The normalized spacial score (nSPS) is 22.6. The topological polar surface area (TPSA) is 38.7 Å². The van der Waals surface area contributed by atoms with Gasteiger partial charge in [-0.3, -0.25) is 0 Å². The van der Waals surface area contributed by atoms with Gasteiger partial charge in [0, 0.05) is 5.92 Å². The zero-order valence-electron chi connectivity index (χ0n) is 15.6. The van der Waals surface area contributed by atoms with E-state index in [1.165, 1.54) is 70.6 Å². The SMILES string of the molecule is CCCCCCCC(CCCCCC)OCC1COC(CO)C1. The Hall–Kier alpha value is -0.120. The predicted octanol–water partition coefficient (Wildman–Crippen LogP) is 5.10. The summed E-state index contributed by atoms with van der Waals surface area (Å²) in [5.74, 6) is 0.477. The molecule has 0 aromatic rings. The first-order valence-electron chi connectivity index (χ1n) is 10.1. The molecular formula is C20H40O3. The Kier molecular flexibility index (Phi) is 13.0. The fourth-order valence-electron chi connectivity index (χ4n) is 3.38. The van der Waals surface area contributed by atoms with Gasteiger partial charge in [0.15, 0.2) is 0 Å². The van der Waals surface area contributed by atoms with Crippen molar-refractivity contribution in [1.82, 2.24) is 0 Å². The number of hydrogen-bond acceptors (Lipinski definition) is 3. The van der Waals surface area contributed by atoms with Crippen molar-refractivity contribution in [3.63, 3.8) is 0 Å². The van der Waals surface area contributed by atoms with E-state index < -0.39 is 0 Å². The summed E-state index contributed by atoms with van der Waals surface area (Å²) in [6, 6.07) is 0. The highest BCUT2D eigenvalue weighted by Crippen LogP contribution is 2.22. The lowest BCUT2D eigenvalue weighted by atomic mass is 10.0. The van der Waals surface area contributed by atoms with E-state index in [-0.39, 0.29) is 12.7 Å². The average Bonchev–Trinajstić information content (AvgIpc) is 3.03. The third kappa shape index (κ3) is 10.4. The van der Waals surface area contributed by atoms with Gasteiger partial charge in [0.05, 0.1) is 32.0 Å². The second-order valence-corrected chi connectivity index (χ2v) is 7.25. The van der Waals surface area contributed by atoms with E-state index in [4.69, 9.17) is 14.6 Å². The van der Waals surface area contributed by atoms with E-state index in [2.05, 4.69) is 13.8 Å². The number of hydrogen-bond donors (Lipinski definition) is 1. The Bertz CT molecular complexity index is 257. The quantitative estimate of drug-likeness (QED) is 0.425. The fourth-order valence-corrected chi connectivity index (χ4v) is 3.38. The summed E-state index contributed by atoms with van der Waals surface area (Å²) >= 11 is 0.